The van der Waals surface area contributed by atoms with E-state index in [0.29, 0.717) is 10.4 Å². The summed E-state index contributed by atoms with van der Waals surface area (Å²) in [6, 6.07) is 7.73. The summed E-state index contributed by atoms with van der Waals surface area (Å²) in [6.07, 6.45) is 1.16. The highest BCUT2D eigenvalue weighted by Crippen LogP contribution is 2.13. The molecule has 1 aromatic heterocycles. The van der Waals surface area contributed by atoms with Crippen LogP contribution in [0.2, 0.25) is 0 Å². The van der Waals surface area contributed by atoms with Crippen LogP contribution in [-0.2, 0) is 19.6 Å². The van der Waals surface area contributed by atoms with Gasteiger partial charge < -0.3 is 15.3 Å². The lowest BCUT2D eigenvalue weighted by atomic mass is 10.2. The van der Waals surface area contributed by atoms with Crippen molar-refractivity contribution in [1.82, 2.24) is 0 Å². The lowest BCUT2D eigenvalue weighted by molar-refractivity contribution is -0.605. The molecular formula is C15H15N3O6S. The molecule has 1 aromatic carbocycles. The van der Waals surface area contributed by atoms with Crippen molar-refractivity contribution in [2.75, 3.05) is 5.32 Å². The Bertz CT molecular complexity index is 878. The molecule has 0 aliphatic heterocycles. The molecule has 0 fully saturated rings. The van der Waals surface area contributed by atoms with E-state index in [1.807, 2.05) is 0 Å². The number of hydrogen-bond acceptors (Lipinski definition) is 6. The van der Waals surface area contributed by atoms with Crippen molar-refractivity contribution in [2.45, 2.75) is 17.9 Å². The van der Waals surface area contributed by atoms with E-state index in [2.05, 4.69) is 5.32 Å². The van der Waals surface area contributed by atoms with E-state index in [4.69, 9.17) is 9.88 Å². The van der Waals surface area contributed by atoms with Crippen LogP contribution in [0.15, 0.2) is 53.7 Å². The molecule has 0 aliphatic carbocycles. The predicted octanol–water partition coefficient (Wildman–Crippen LogP) is 0.151. The van der Waals surface area contributed by atoms with E-state index < -0.39 is 28.0 Å². The third-order valence-corrected chi connectivity index (χ3v) is 4.07. The van der Waals surface area contributed by atoms with E-state index in [1.54, 1.807) is 0 Å². The first-order valence-electron chi connectivity index (χ1n) is 7.00. The van der Waals surface area contributed by atoms with E-state index in [0.717, 1.165) is 12.4 Å². The molecular weight excluding hydrogens is 350 g/mol. The number of anilines is 1. The van der Waals surface area contributed by atoms with Gasteiger partial charge in [0.25, 0.3) is 5.91 Å². The molecule has 10 heteroatoms. The van der Waals surface area contributed by atoms with Crippen molar-refractivity contribution >= 4 is 27.6 Å². The van der Waals surface area contributed by atoms with Gasteiger partial charge in [-0.3, -0.25) is 4.79 Å². The van der Waals surface area contributed by atoms with Crippen LogP contribution in [0, 0.1) is 5.21 Å². The smallest absolute Gasteiger partial charge is 0.339 e. The van der Waals surface area contributed by atoms with Gasteiger partial charge in [-0.25, -0.2) is 18.4 Å². The summed E-state index contributed by atoms with van der Waals surface area (Å²) in [7, 11) is -3.82. The average molecular weight is 365 g/mol. The van der Waals surface area contributed by atoms with Crippen LogP contribution in [0.5, 0.6) is 0 Å². The number of rotatable bonds is 5. The number of benzene rings is 1. The summed E-state index contributed by atoms with van der Waals surface area (Å²) in [4.78, 5) is 23.8. The molecule has 1 atom stereocenters. The molecule has 0 unspecified atom stereocenters. The van der Waals surface area contributed by atoms with Crippen LogP contribution in [0.4, 0.5) is 5.69 Å². The molecule has 2 rings (SSSR count). The van der Waals surface area contributed by atoms with Crippen molar-refractivity contribution in [2.24, 2.45) is 5.14 Å². The van der Waals surface area contributed by atoms with Gasteiger partial charge in [0.1, 0.15) is 0 Å². The van der Waals surface area contributed by atoms with Crippen LogP contribution in [-0.4, -0.2) is 26.4 Å². The molecule has 0 aliphatic rings. The Balaban J connectivity index is 1.98. The van der Waals surface area contributed by atoms with E-state index in [9.17, 15) is 23.2 Å². The number of carbonyl (C=O) groups is 2. The number of pyridine rings is 1. The second kappa shape index (κ2) is 7.28. The minimum Gasteiger partial charge on any atom is -0.619 e. The molecule has 1 amide bonds. The normalized spacial score (nSPS) is 12.2. The molecule has 0 saturated carbocycles. The number of esters is 1. The number of primary sulfonamides is 1. The van der Waals surface area contributed by atoms with Crippen LogP contribution >= 0.6 is 0 Å². The number of amides is 1. The molecule has 9 nitrogen and oxygen atoms in total. The van der Waals surface area contributed by atoms with Crippen LogP contribution < -0.4 is 15.2 Å². The molecule has 2 aromatic rings. The first-order valence-corrected chi connectivity index (χ1v) is 8.55. The minimum absolute atomic E-state index is 0.0929. The predicted molar refractivity (Wildman–Crippen MR) is 86.7 cm³/mol. The monoisotopic (exact) mass is 365 g/mol. The Kier molecular flexibility index (Phi) is 5.35. The van der Waals surface area contributed by atoms with E-state index in [1.165, 1.54) is 43.3 Å². The summed E-state index contributed by atoms with van der Waals surface area (Å²) < 4.78 is 27.8. The molecule has 132 valence electrons. The van der Waals surface area contributed by atoms with Gasteiger partial charge in [0.2, 0.25) is 10.0 Å². The molecule has 0 spiro atoms. The number of nitrogens with one attached hydrogen (secondary N) is 1. The second-order valence-corrected chi connectivity index (χ2v) is 6.61. The molecule has 1 heterocycles. The highest BCUT2D eigenvalue weighted by atomic mass is 32.2. The summed E-state index contributed by atoms with van der Waals surface area (Å²) in [5, 5.41) is 18.4. The number of sulfonamides is 1. The third-order valence-electron chi connectivity index (χ3n) is 3.14. The first-order chi connectivity index (χ1) is 11.7. The van der Waals surface area contributed by atoms with Crippen molar-refractivity contribution in [3.05, 3.63) is 59.6 Å². The third kappa shape index (κ3) is 4.99. The number of hydrogen-bond donors (Lipinski definition) is 2. The summed E-state index contributed by atoms with van der Waals surface area (Å²) in [5.41, 5.74) is 0.441. The highest BCUT2D eigenvalue weighted by molar-refractivity contribution is 7.89. The summed E-state index contributed by atoms with van der Waals surface area (Å²) in [6.45, 7) is 1.38. The summed E-state index contributed by atoms with van der Waals surface area (Å²) in [5.74, 6) is -1.36. The van der Waals surface area contributed by atoms with Crippen LogP contribution in [0.3, 0.4) is 0 Å². The first kappa shape index (κ1) is 18.4. The molecule has 0 radical (unpaired) electrons. The van der Waals surface area contributed by atoms with Gasteiger partial charge in [-0.2, -0.15) is 4.73 Å². The van der Waals surface area contributed by atoms with Gasteiger partial charge in [-0.15, -0.1) is 0 Å². The van der Waals surface area contributed by atoms with Crippen molar-refractivity contribution in [3.63, 3.8) is 0 Å². The summed E-state index contributed by atoms with van der Waals surface area (Å²) >= 11 is 0. The molecule has 25 heavy (non-hydrogen) atoms. The van der Waals surface area contributed by atoms with Gasteiger partial charge >= 0.3 is 5.97 Å². The Morgan fingerprint density at radius 3 is 2.24 bits per heavy atom. The van der Waals surface area contributed by atoms with Gasteiger partial charge in [0.15, 0.2) is 18.5 Å². The zero-order valence-corrected chi connectivity index (χ0v) is 13.9. The van der Waals surface area contributed by atoms with Crippen molar-refractivity contribution in [1.29, 1.82) is 0 Å². The lowest BCUT2D eigenvalue weighted by Gasteiger charge is -2.13. The Morgan fingerprint density at radius 1 is 1.16 bits per heavy atom. The van der Waals surface area contributed by atoms with Crippen molar-refractivity contribution in [3.8, 4) is 0 Å². The highest BCUT2D eigenvalue weighted by Gasteiger charge is 2.19. The fourth-order valence-corrected chi connectivity index (χ4v) is 2.32. The second-order valence-electron chi connectivity index (χ2n) is 5.05. The quantitative estimate of drug-likeness (QED) is 0.439. The standard InChI is InChI=1S/C15H15N3O6S/c1-10(24-15(20)11-6-8-18(21)9-7-11)14(19)17-12-2-4-13(5-3-12)25(16,22)23/h2-10H,1H3,(H,17,19)(H2,16,22,23)/t10-/m0/s1. The van der Waals surface area contributed by atoms with Gasteiger partial charge in [-0.05, 0) is 31.2 Å². The van der Waals surface area contributed by atoms with E-state index >= 15 is 0 Å². The van der Waals surface area contributed by atoms with Crippen LogP contribution in [0.25, 0.3) is 0 Å². The number of aromatic nitrogens is 1. The molecule has 0 bridgehead atoms. The maximum Gasteiger partial charge on any atom is 0.339 e. The minimum atomic E-state index is -3.82. The van der Waals surface area contributed by atoms with Gasteiger partial charge in [0, 0.05) is 17.8 Å². The average Bonchev–Trinajstić information content (AvgIpc) is 2.55. The van der Waals surface area contributed by atoms with Gasteiger partial charge in [-0.1, -0.05) is 0 Å². The number of carbonyl (C=O) groups excluding carboxylic acids is 2. The maximum absolute atomic E-state index is 12.0. The number of nitrogens with zero attached hydrogens (tertiary/aromatic N) is 1. The number of nitrogens with two attached hydrogens (primary N) is 1. The maximum atomic E-state index is 12.0. The van der Waals surface area contributed by atoms with Crippen molar-refractivity contribution < 1.29 is 27.5 Å². The fourth-order valence-electron chi connectivity index (χ4n) is 1.80. The van der Waals surface area contributed by atoms with E-state index in [-0.39, 0.29) is 10.5 Å². The lowest BCUT2D eigenvalue weighted by Crippen LogP contribution is -2.30. The Morgan fingerprint density at radius 2 is 1.72 bits per heavy atom. The topological polar surface area (TPSA) is 142 Å². The Labute approximate surface area is 143 Å². The fraction of sp³-hybridized carbons (Fsp3) is 0.133. The number of ether oxygens (including phenoxy) is 1. The molecule has 0 saturated heterocycles. The largest absolute Gasteiger partial charge is 0.619 e. The SMILES string of the molecule is C[C@H](OC(=O)c1cc[n+]([O-])cc1)C(=O)Nc1ccc(S(N)(=O)=O)cc1. The Hall–Kier alpha value is -2.98. The van der Waals surface area contributed by atoms with Crippen LogP contribution in [0.1, 0.15) is 17.3 Å². The zero-order chi connectivity index (χ0) is 18.6. The van der Waals surface area contributed by atoms with Gasteiger partial charge in [0.05, 0.1) is 10.5 Å². The zero-order valence-electron chi connectivity index (χ0n) is 13.1. The molecule has 3 N–H and O–H groups in total.